The zero-order chi connectivity index (χ0) is 13.8. The van der Waals surface area contributed by atoms with Crippen molar-refractivity contribution in [1.82, 2.24) is 4.98 Å². The molecule has 0 fully saturated rings. The molecule has 2 rings (SSSR count). The lowest BCUT2D eigenvalue weighted by Crippen LogP contribution is -2.08. The van der Waals surface area contributed by atoms with Gasteiger partial charge in [-0.3, -0.25) is 0 Å². The number of nitrogens with zero attached hydrogens (tertiary/aromatic N) is 1. The largest absolute Gasteiger partial charge is 0.487 e. The molecule has 0 spiro atoms. The minimum atomic E-state index is -0.0303. The molecule has 1 atom stereocenters. The van der Waals surface area contributed by atoms with Gasteiger partial charge in [0.2, 0.25) is 0 Å². The Hall–Kier alpha value is -1.39. The van der Waals surface area contributed by atoms with E-state index in [0.29, 0.717) is 6.61 Å². The summed E-state index contributed by atoms with van der Waals surface area (Å²) < 4.78 is 5.89. The van der Waals surface area contributed by atoms with Gasteiger partial charge in [-0.15, -0.1) is 11.3 Å². The summed E-state index contributed by atoms with van der Waals surface area (Å²) in [6.45, 7) is 6.63. The van der Waals surface area contributed by atoms with Gasteiger partial charge in [0, 0.05) is 17.0 Å². The van der Waals surface area contributed by atoms with Crippen molar-refractivity contribution in [1.29, 1.82) is 0 Å². The van der Waals surface area contributed by atoms with Gasteiger partial charge in [-0.1, -0.05) is 19.1 Å². The number of ether oxygens (including phenoxy) is 1. The fourth-order valence-corrected chi connectivity index (χ4v) is 2.60. The van der Waals surface area contributed by atoms with Gasteiger partial charge >= 0.3 is 0 Å². The first-order valence-corrected chi connectivity index (χ1v) is 7.40. The molecule has 4 heteroatoms. The number of aromatic nitrogens is 1. The zero-order valence-electron chi connectivity index (χ0n) is 11.6. The van der Waals surface area contributed by atoms with Crippen LogP contribution in [0.15, 0.2) is 23.6 Å². The zero-order valence-corrected chi connectivity index (χ0v) is 12.5. The minimum Gasteiger partial charge on any atom is -0.487 e. The summed E-state index contributed by atoms with van der Waals surface area (Å²) in [7, 11) is 0. The van der Waals surface area contributed by atoms with Gasteiger partial charge in [-0.05, 0) is 31.9 Å². The van der Waals surface area contributed by atoms with Crippen LogP contribution < -0.4 is 10.5 Å². The van der Waals surface area contributed by atoms with Crippen LogP contribution in [-0.2, 0) is 13.0 Å². The Morgan fingerprint density at radius 3 is 2.84 bits per heavy atom. The standard InChI is InChI=1S/C15H20N2OS/c1-4-15-17-12(9-19-15)8-18-14-7-10(2)5-6-13(14)11(3)16/h5-7,9,11H,4,8,16H2,1-3H3/t11-/m1/s1. The first kappa shape index (κ1) is 14.0. The Balaban J connectivity index is 2.12. The van der Waals surface area contributed by atoms with Gasteiger partial charge in [0.1, 0.15) is 12.4 Å². The maximum Gasteiger partial charge on any atom is 0.131 e. The third-order valence-corrected chi connectivity index (χ3v) is 3.98. The second kappa shape index (κ2) is 6.17. The molecule has 0 saturated heterocycles. The predicted octanol–water partition coefficient (Wildman–Crippen LogP) is 3.61. The van der Waals surface area contributed by atoms with Crippen LogP contribution in [0.2, 0.25) is 0 Å². The molecule has 19 heavy (non-hydrogen) atoms. The maximum absolute atomic E-state index is 5.97. The summed E-state index contributed by atoms with van der Waals surface area (Å²) >= 11 is 1.68. The lowest BCUT2D eigenvalue weighted by atomic mass is 10.1. The first-order chi connectivity index (χ1) is 9.10. The number of rotatable bonds is 5. The molecular formula is C15H20N2OS. The van der Waals surface area contributed by atoms with Gasteiger partial charge in [0.15, 0.2) is 0 Å². The Kier molecular flexibility index (Phi) is 4.56. The van der Waals surface area contributed by atoms with Crippen molar-refractivity contribution in [2.75, 3.05) is 0 Å². The van der Waals surface area contributed by atoms with Gasteiger partial charge in [0.05, 0.1) is 10.7 Å². The fraction of sp³-hybridized carbons (Fsp3) is 0.400. The fourth-order valence-electron chi connectivity index (χ4n) is 1.87. The highest BCUT2D eigenvalue weighted by Crippen LogP contribution is 2.26. The van der Waals surface area contributed by atoms with Crippen LogP contribution in [0.5, 0.6) is 5.75 Å². The van der Waals surface area contributed by atoms with Crippen LogP contribution >= 0.6 is 11.3 Å². The SMILES string of the molecule is CCc1nc(COc2cc(C)ccc2[C@@H](C)N)cs1. The van der Waals surface area contributed by atoms with Crippen LogP contribution in [0.25, 0.3) is 0 Å². The highest BCUT2D eigenvalue weighted by molar-refractivity contribution is 7.09. The number of thiazole rings is 1. The third-order valence-electron chi connectivity index (χ3n) is 2.94. The molecule has 3 nitrogen and oxygen atoms in total. The predicted molar refractivity (Wildman–Crippen MR) is 79.6 cm³/mol. The molecule has 0 aliphatic rings. The molecule has 0 radical (unpaired) electrons. The molecule has 1 aromatic carbocycles. The quantitative estimate of drug-likeness (QED) is 0.907. The van der Waals surface area contributed by atoms with Crippen molar-refractivity contribution in [3.63, 3.8) is 0 Å². The highest BCUT2D eigenvalue weighted by Gasteiger charge is 2.09. The summed E-state index contributed by atoms with van der Waals surface area (Å²) in [5.74, 6) is 0.862. The molecule has 0 saturated carbocycles. The van der Waals surface area contributed by atoms with Crippen molar-refractivity contribution < 1.29 is 4.74 Å². The Bertz CT molecular complexity index is 549. The number of benzene rings is 1. The van der Waals surface area contributed by atoms with Crippen LogP contribution in [0.4, 0.5) is 0 Å². The summed E-state index contributed by atoms with van der Waals surface area (Å²) in [6.07, 6.45) is 0.972. The smallest absolute Gasteiger partial charge is 0.131 e. The second-order valence-corrected chi connectivity index (χ2v) is 5.65. The van der Waals surface area contributed by atoms with E-state index in [1.165, 1.54) is 5.56 Å². The molecule has 1 aromatic heterocycles. The molecule has 0 bridgehead atoms. The average Bonchev–Trinajstić information content (AvgIpc) is 2.84. The van der Waals surface area contributed by atoms with E-state index in [2.05, 4.69) is 30.3 Å². The number of nitrogens with two attached hydrogens (primary N) is 1. The minimum absolute atomic E-state index is 0.0303. The van der Waals surface area contributed by atoms with Gasteiger partial charge in [-0.25, -0.2) is 4.98 Å². The van der Waals surface area contributed by atoms with Crippen molar-refractivity contribution in [2.24, 2.45) is 5.73 Å². The Labute approximate surface area is 118 Å². The summed E-state index contributed by atoms with van der Waals surface area (Å²) in [5.41, 5.74) is 9.16. The van der Waals surface area contributed by atoms with Crippen molar-refractivity contribution >= 4 is 11.3 Å². The third kappa shape index (κ3) is 3.55. The van der Waals surface area contributed by atoms with E-state index < -0.39 is 0 Å². The average molecular weight is 276 g/mol. The summed E-state index contributed by atoms with van der Waals surface area (Å²) in [4.78, 5) is 4.50. The van der Waals surface area contributed by atoms with E-state index in [1.807, 2.05) is 19.1 Å². The molecule has 102 valence electrons. The number of hydrogen-bond acceptors (Lipinski definition) is 4. The van der Waals surface area contributed by atoms with E-state index in [4.69, 9.17) is 10.5 Å². The van der Waals surface area contributed by atoms with Crippen LogP contribution in [0.1, 0.15) is 41.7 Å². The molecule has 0 aliphatic carbocycles. The van der Waals surface area contributed by atoms with Gasteiger partial charge < -0.3 is 10.5 Å². The molecular weight excluding hydrogens is 256 g/mol. The van der Waals surface area contributed by atoms with E-state index in [0.717, 1.165) is 28.4 Å². The monoisotopic (exact) mass is 276 g/mol. The molecule has 0 unspecified atom stereocenters. The van der Waals surface area contributed by atoms with E-state index >= 15 is 0 Å². The number of aryl methyl sites for hydroxylation is 2. The van der Waals surface area contributed by atoms with Crippen LogP contribution in [0, 0.1) is 6.92 Å². The lowest BCUT2D eigenvalue weighted by molar-refractivity contribution is 0.297. The Morgan fingerprint density at radius 1 is 1.42 bits per heavy atom. The molecule has 2 aromatic rings. The van der Waals surface area contributed by atoms with Gasteiger partial charge in [0.25, 0.3) is 0 Å². The van der Waals surface area contributed by atoms with Crippen molar-refractivity contribution in [3.05, 3.63) is 45.4 Å². The highest BCUT2D eigenvalue weighted by atomic mass is 32.1. The van der Waals surface area contributed by atoms with Crippen LogP contribution in [0.3, 0.4) is 0 Å². The van der Waals surface area contributed by atoms with E-state index in [1.54, 1.807) is 11.3 Å². The normalized spacial score (nSPS) is 12.4. The second-order valence-electron chi connectivity index (χ2n) is 4.70. The molecule has 0 aliphatic heterocycles. The van der Waals surface area contributed by atoms with Crippen LogP contribution in [-0.4, -0.2) is 4.98 Å². The lowest BCUT2D eigenvalue weighted by Gasteiger charge is -2.14. The van der Waals surface area contributed by atoms with Crippen molar-refractivity contribution in [3.8, 4) is 5.75 Å². The topological polar surface area (TPSA) is 48.1 Å². The molecule has 2 N–H and O–H groups in total. The number of hydrogen-bond donors (Lipinski definition) is 1. The Morgan fingerprint density at radius 2 is 2.21 bits per heavy atom. The first-order valence-electron chi connectivity index (χ1n) is 6.52. The molecule has 1 heterocycles. The van der Waals surface area contributed by atoms with E-state index in [-0.39, 0.29) is 6.04 Å². The summed E-state index contributed by atoms with van der Waals surface area (Å²) in [5, 5.41) is 3.20. The van der Waals surface area contributed by atoms with Gasteiger partial charge in [-0.2, -0.15) is 0 Å². The summed E-state index contributed by atoms with van der Waals surface area (Å²) in [6, 6.07) is 6.10. The maximum atomic E-state index is 5.97. The van der Waals surface area contributed by atoms with Crippen molar-refractivity contribution in [2.45, 2.75) is 39.8 Å². The molecule has 0 amide bonds. The van der Waals surface area contributed by atoms with E-state index in [9.17, 15) is 0 Å².